The predicted molar refractivity (Wildman–Crippen MR) is 338 cm³/mol. The Kier molecular flexibility index (Phi) is 41.8. The van der Waals surface area contributed by atoms with Gasteiger partial charge in [-0.15, -0.1) is 0 Å². The van der Waals surface area contributed by atoms with Crippen molar-refractivity contribution in [1.29, 1.82) is 0 Å². The molecule has 4 heterocycles. The van der Waals surface area contributed by atoms with Gasteiger partial charge in [-0.3, -0.25) is 32.9 Å². The van der Waals surface area contributed by atoms with Crippen LogP contribution in [0.5, 0.6) is 0 Å². The van der Waals surface area contributed by atoms with Crippen LogP contribution in [0.2, 0.25) is 0 Å². The first-order valence-electron chi connectivity index (χ1n) is 31.6. The number of ether oxygens (including phenoxy) is 5. The van der Waals surface area contributed by atoms with Crippen LogP contribution in [0.1, 0.15) is 90.0 Å². The lowest BCUT2D eigenvalue weighted by molar-refractivity contribution is -0.268. The average Bonchev–Trinajstić information content (AvgIpc) is 0.826. The minimum absolute atomic E-state index is 0.0182. The summed E-state index contributed by atoms with van der Waals surface area (Å²) in [6.07, 6.45) is -31.4. The molecule has 0 aromatic rings. The van der Waals surface area contributed by atoms with Crippen molar-refractivity contribution in [2.45, 2.75) is 212 Å². The van der Waals surface area contributed by atoms with E-state index < -0.39 is 213 Å². The third-order valence-corrected chi connectivity index (χ3v) is 20.0. The first kappa shape index (κ1) is 88.6. The Labute approximate surface area is 546 Å². The van der Waals surface area contributed by atoms with E-state index >= 15 is 0 Å². The molecule has 23 atom stereocenters. The van der Waals surface area contributed by atoms with E-state index in [9.17, 15) is 93.5 Å². The summed E-state index contributed by atoms with van der Waals surface area (Å²) < 4.78 is 84.1. The Morgan fingerprint density at radius 3 is 0.871 bits per heavy atom. The van der Waals surface area contributed by atoms with Gasteiger partial charge in [0.25, 0.3) is 0 Å². The lowest BCUT2D eigenvalue weighted by Gasteiger charge is -2.44. The monoisotopic (exact) mass is 1410 g/mol. The summed E-state index contributed by atoms with van der Waals surface area (Å²) in [4.78, 5) is 87.8. The summed E-state index contributed by atoms with van der Waals surface area (Å²) in [6.45, 7) is 30.5. The smallest absolute Gasteiger partial charge is 0.330 e. The fourth-order valence-electron chi connectivity index (χ4n) is 10.5. The van der Waals surface area contributed by atoms with Gasteiger partial charge in [-0.25, -0.2) is 0 Å². The van der Waals surface area contributed by atoms with Crippen molar-refractivity contribution in [3.05, 3.63) is 0 Å². The largest absolute Gasteiger partial charge is 0.394 e. The second kappa shape index (κ2) is 43.9. The van der Waals surface area contributed by atoms with Gasteiger partial charge in [-0.2, -0.15) is 0 Å². The van der Waals surface area contributed by atoms with E-state index in [0.29, 0.717) is 0 Å². The highest BCUT2D eigenvalue weighted by molar-refractivity contribution is 7.53. The Bertz CT molecular complexity index is 2260. The van der Waals surface area contributed by atoms with Crippen molar-refractivity contribution in [3.63, 3.8) is 0 Å². The molecule has 0 saturated carbocycles. The van der Waals surface area contributed by atoms with E-state index in [4.69, 9.17) is 43.0 Å². The molecule has 0 bridgehead atoms. The zero-order valence-electron chi connectivity index (χ0n) is 56.0. The summed E-state index contributed by atoms with van der Waals surface area (Å²) in [5.41, 5.74) is 5.48. The molecule has 4 saturated heterocycles. The van der Waals surface area contributed by atoms with Gasteiger partial charge in [-0.05, 0) is 58.9 Å². The number of nitrogens with one attached hydrogen (secondary N) is 4. The van der Waals surface area contributed by atoms with Gasteiger partial charge in [0, 0.05) is 34.2 Å². The molecule has 0 aliphatic carbocycles. The molecule has 550 valence electrons. The van der Waals surface area contributed by atoms with E-state index in [1.807, 2.05) is 0 Å². The molecule has 38 heteroatoms. The maximum absolute atomic E-state index is 13.7. The molecule has 0 aromatic heterocycles. The van der Waals surface area contributed by atoms with E-state index in [0.717, 1.165) is 27.7 Å². The number of nitrogens with zero attached hydrogens (tertiary/aromatic N) is 3. The summed E-state index contributed by atoms with van der Waals surface area (Å²) in [5.74, 6) is -2.99. The highest BCUT2D eigenvalue weighted by Gasteiger charge is 2.53. The van der Waals surface area contributed by atoms with Crippen LogP contribution in [0, 0.1) is 0 Å². The van der Waals surface area contributed by atoms with Gasteiger partial charge < -0.3 is 140 Å². The summed E-state index contributed by atoms with van der Waals surface area (Å²) >= 11 is 0. The average molecular weight is 1410 g/mol. The molecule has 3 unspecified atom stereocenters. The number of hydrogen-bond acceptors (Lipinski definition) is 28. The zero-order chi connectivity index (χ0) is 71.3. The molecule has 0 radical (unpaired) electrons. The minimum atomic E-state index is -5.10. The van der Waals surface area contributed by atoms with Crippen LogP contribution in [0.25, 0.3) is 0 Å². The molecule has 35 nitrogen and oxygen atoms in total. The standard InChI is InChI=1S/C37H68N5O27P3.3C6H15N/c1-14(44)39-25-22(66-18(7-43)29(48)33(25)52)11-70(56,57)63-8-19-30(49)34(53)26(40-15(2)45)23(67-19)12-71(58,59)64-9-20-31(50)35(54)27(41-16(3)46)24(68-20)13-72(60,61)65-10-21-32(51)36(55)28(42-17(4)47)37(69-21)62-6-5-38;3*1-4-7(5-2)6-3/h18-37,43,48-55H,5-13,38H2,1-4H3,(H,39,44)(H,40,45)(H,41,46)(H,42,47)(H,56,57)(H,58,59)(H,60,61);3*4-6H2,1-3H3/t18-,19-,20-,21-,22-,23-,24-,25-,26-,27-,28+,29-,30-,31-,32-,33-,34-,35-,36-,37+;;;/m1.../s1. The van der Waals surface area contributed by atoms with Crippen molar-refractivity contribution in [1.82, 2.24) is 36.0 Å². The van der Waals surface area contributed by atoms with Crippen LogP contribution in [0.3, 0.4) is 0 Å². The fraction of sp³-hybridized carbons (Fsp3) is 0.927. The fourth-order valence-corrected chi connectivity index (χ4v) is 14.2. The van der Waals surface area contributed by atoms with Gasteiger partial charge in [0.2, 0.25) is 23.6 Å². The van der Waals surface area contributed by atoms with Crippen LogP contribution < -0.4 is 27.0 Å². The van der Waals surface area contributed by atoms with Gasteiger partial charge in [0.15, 0.2) is 6.29 Å². The first-order chi connectivity index (χ1) is 43.4. The zero-order valence-corrected chi connectivity index (χ0v) is 58.7. The molecule has 4 aliphatic heterocycles. The molecule has 4 aliphatic rings. The molecular weight excluding hydrogens is 1300 g/mol. The number of carbonyl (C=O) groups is 4. The summed E-state index contributed by atoms with van der Waals surface area (Å²) in [5, 5.41) is 105. The lowest BCUT2D eigenvalue weighted by Crippen LogP contribution is -2.65. The molecule has 4 rings (SSSR count). The van der Waals surface area contributed by atoms with Crippen LogP contribution in [0.4, 0.5) is 0 Å². The number of nitrogens with two attached hydrogens (primary N) is 1. The third kappa shape index (κ3) is 30.3. The number of rotatable bonds is 32. The molecular formula is C55H113N8O27P3. The van der Waals surface area contributed by atoms with E-state index in [1.54, 1.807) is 0 Å². The SMILES string of the molecule is CC(=O)N[C@@H]1[C@@H](OCCN)O[C@H](COP(=O)(O)C[C@H]2O[C@H](COP(=O)(O)C[C@H]3O[C@H](COP(=O)(O)C[C@H]4O[C@H](CO)[C@@H](O)[C@H](O)[C@@H]4NC(C)=O)[C@@H](O)[C@H](O)[C@@H]3NC(C)=O)[C@@H](O)[C@H](O)[C@@H]2NC(C)=O)[C@@H](O)[C@@H]1O.CCN(CC)CC.CCN(CC)CC.CCN(CC)CC. The van der Waals surface area contributed by atoms with Crippen LogP contribution >= 0.6 is 22.8 Å². The highest BCUT2D eigenvalue weighted by Crippen LogP contribution is 2.49. The molecule has 0 spiro atoms. The number of hydrogen-bond donors (Lipinski definition) is 17. The van der Waals surface area contributed by atoms with Crippen molar-refractivity contribution in [2.75, 3.05) is 117 Å². The van der Waals surface area contributed by atoms with Crippen LogP contribution in [-0.4, -0.2) is 338 Å². The Morgan fingerprint density at radius 1 is 0.398 bits per heavy atom. The maximum Gasteiger partial charge on any atom is 0.330 e. The quantitative estimate of drug-likeness (QED) is 0.0283. The van der Waals surface area contributed by atoms with Crippen molar-refractivity contribution < 1.29 is 131 Å². The maximum atomic E-state index is 13.7. The van der Waals surface area contributed by atoms with Crippen molar-refractivity contribution in [3.8, 4) is 0 Å². The van der Waals surface area contributed by atoms with E-state index in [-0.39, 0.29) is 13.2 Å². The van der Waals surface area contributed by atoms with Gasteiger partial charge in [-0.1, -0.05) is 62.3 Å². The van der Waals surface area contributed by atoms with Gasteiger partial charge in [0.1, 0.15) is 79.3 Å². The number of carbonyl (C=O) groups excluding carboxylic acids is 4. The lowest BCUT2D eigenvalue weighted by atomic mass is 9.93. The summed E-state index contributed by atoms with van der Waals surface area (Å²) in [6, 6.07) is -6.07. The molecule has 4 fully saturated rings. The van der Waals surface area contributed by atoms with Crippen LogP contribution in [0.15, 0.2) is 0 Å². The minimum Gasteiger partial charge on any atom is -0.394 e. The molecule has 18 N–H and O–H groups in total. The topological polar surface area (TPSA) is 520 Å². The Balaban J connectivity index is 0.00000176. The number of aliphatic hydroxyl groups excluding tert-OH is 9. The van der Waals surface area contributed by atoms with Crippen LogP contribution in [-0.2, 0) is 70.1 Å². The Morgan fingerprint density at radius 2 is 0.634 bits per heavy atom. The molecule has 0 aromatic carbocycles. The second-order valence-corrected chi connectivity index (χ2v) is 28.3. The normalized spacial score (nSPS) is 33.2. The van der Waals surface area contributed by atoms with Crippen molar-refractivity contribution >= 4 is 46.4 Å². The number of aliphatic hydroxyl groups is 9. The molecule has 4 amide bonds. The predicted octanol–water partition coefficient (Wildman–Crippen LogP) is -4.46. The molecule has 93 heavy (non-hydrogen) atoms. The summed E-state index contributed by atoms with van der Waals surface area (Å²) in [7, 11) is -15.0. The highest BCUT2D eigenvalue weighted by atomic mass is 31.2. The second-order valence-electron chi connectivity index (χ2n) is 22.6. The van der Waals surface area contributed by atoms with Gasteiger partial charge >= 0.3 is 22.8 Å². The number of amides is 4. The Hall–Kier alpha value is -2.39. The van der Waals surface area contributed by atoms with Crippen molar-refractivity contribution in [2.24, 2.45) is 5.73 Å². The van der Waals surface area contributed by atoms with Gasteiger partial charge in [0.05, 0.1) is 88.0 Å². The van der Waals surface area contributed by atoms with E-state index in [1.165, 1.54) is 58.9 Å². The van der Waals surface area contributed by atoms with E-state index in [2.05, 4.69) is 98.3 Å². The first-order valence-corrected chi connectivity index (χ1v) is 36.9. The third-order valence-electron chi connectivity index (χ3n) is 15.9.